The van der Waals surface area contributed by atoms with Gasteiger partial charge in [0.15, 0.2) is 0 Å². The van der Waals surface area contributed by atoms with Gasteiger partial charge in [-0.1, -0.05) is 20.3 Å². The molecule has 2 aromatic rings. The first-order chi connectivity index (χ1) is 13.0. The van der Waals surface area contributed by atoms with E-state index >= 15 is 0 Å². The highest BCUT2D eigenvalue weighted by Gasteiger charge is 2.40. The number of anilines is 1. The molecule has 2 aliphatic rings. The third-order valence-electron chi connectivity index (χ3n) is 6.40. The first kappa shape index (κ1) is 18.4. The molecule has 1 aliphatic carbocycles. The summed E-state index contributed by atoms with van der Waals surface area (Å²) in [5.74, 6) is 3.39. The average Bonchev–Trinajstić information content (AvgIpc) is 3.28. The second-order valence-corrected chi connectivity index (χ2v) is 8.67. The molecule has 1 N–H and O–H groups in total. The first-order valence-electron chi connectivity index (χ1n) is 10.3. The third-order valence-corrected chi connectivity index (χ3v) is 6.40. The fraction of sp³-hybridized carbons (Fsp3) is 0.667. The van der Waals surface area contributed by atoms with Gasteiger partial charge in [0.1, 0.15) is 5.82 Å². The average molecular weight is 369 g/mol. The summed E-state index contributed by atoms with van der Waals surface area (Å²) in [5.41, 5.74) is 2.92. The molecule has 0 amide bonds. The highest BCUT2D eigenvalue weighted by Crippen LogP contribution is 2.39. The predicted molar refractivity (Wildman–Crippen MR) is 108 cm³/mol. The summed E-state index contributed by atoms with van der Waals surface area (Å²) >= 11 is 0. The molecule has 1 saturated heterocycles. The van der Waals surface area contributed by atoms with Crippen LogP contribution in [0.15, 0.2) is 18.3 Å². The molecule has 4 rings (SSSR count). The lowest BCUT2D eigenvalue weighted by molar-refractivity contribution is 0.263. The van der Waals surface area contributed by atoms with Gasteiger partial charge in [-0.2, -0.15) is 5.10 Å². The van der Waals surface area contributed by atoms with E-state index in [1.54, 1.807) is 0 Å². The van der Waals surface area contributed by atoms with E-state index in [-0.39, 0.29) is 0 Å². The van der Waals surface area contributed by atoms with Crippen molar-refractivity contribution in [3.05, 3.63) is 24.0 Å². The lowest BCUT2D eigenvalue weighted by atomic mass is 10.0. The van der Waals surface area contributed by atoms with Crippen molar-refractivity contribution in [1.29, 1.82) is 0 Å². The Morgan fingerprint density at radius 2 is 1.93 bits per heavy atom. The fourth-order valence-electron chi connectivity index (χ4n) is 4.85. The summed E-state index contributed by atoms with van der Waals surface area (Å²) in [6.07, 6.45) is 5.79. The van der Waals surface area contributed by atoms with Crippen LogP contribution in [0.1, 0.15) is 38.8 Å². The van der Waals surface area contributed by atoms with Crippen LogP contribution in [0.25, 0.3) is 11.3 Å². The highest BCUT2D eigenvalue weighted by molar-refractivity contribution is 5.61. The molecule has 0 aromatic carbocycles. The van der Waals surface area contributed by atoms with Crippen molar-refractivity contribution in [3.8, 4) is 11.3 Å². The molecule has 1 aliphatic heterocycles. The van der Waals surface area contributed by atoms with E-state index in [1.165, 1.54) is 38.9 Å². The van der Waals surface area contributed by atoms with Crippen LogP contribution < -0.4 is 5.32 Å². The Morgan fingerprint density at radius 1 is 1.19 bits per heavy atom. The number of likely N-dealkylation sites (tertiary alicyclic amines) is 1. The quantitative estimate of drug-likeness (QED) is 0.847. The van der Waals surface area contributed by atoms with Gasteiger partial charge in [-0.05, 0) is 49.7 Å². The Bertz CT molecular complexity index is 753. The molecule has 2 aromatic heterocycles. The van der Waals surface area contributed by atoms with Crippen LogP contribution in [-0.2, 0) is 7.05 Å². The van der Waals surface area contributed by atoms with Gasteiger partial charge in [0.25, 0.3) is 0 Å². The number of nitrogens with zero attached hydrogens (tertiary/aromatic N) is 5. The van der Waals surface area contributed by atoms with E-state index in [4.69, 9.17) is 0 Å². The number of aromatic nitrogens is 4. The topological polar surface area (TPSA) is 58.9 Å². The second-order valence-electron chi connectivity index (χ2n) is 8.67. The van der Waals surface area contributed by atoms with Crippen LogP contribution in [-0.4, -0.2) is 50.6 Å². The number of rotatable bonds is 6. The molecule has 3 heterocycles. The molecule has 6 heteroatoms. The predicted octanol–water partition coefficient (Wildman–Crippen LogP) is 3.35. The molecule has 0 radical (unpaired) electrons. The van der Waals surface area contributed by atoms with Crippen molar-refractivity contribution in [3.63, 3.8) is 0 Å². The summed E-state index contributed by atoms with van der Waals surface area (Å²) < 4.78 is 1.82. The molecule has 4 atom stereocenters. The standard InChI is InChI=1S/C21H32N6/c1-5-14(2)10-27-11-16-8-18(9-17(16)12-27)22-21-7-6-20(23-24-21)19-13-26(4)25-15(19)3/h6-7,13-14,16-18H,5,8-12H2,1-4H3,(H,22,24)/t14?,16-,17+,18-. The molecular formula is C21H32N6. The Labute approximate surface area is 162 Å². The van der Waals surface area contributed by atoms with Crippen molar-refractivity contribution < 1.29 is 0 Å². The van der Waals surface area contributed by atoms with Gasteiger partial charge >= 0.3 is 0 Å². The number of hydrogen-bond acceptors (Lipinski definition) is 5. The van der Waals surface area contributed by atoms with Crippen molar-refractivity contribution in [2.24, 2.45) is 24.8 Å². The van der Waals surface area contributed by atoms with E-state index in [0.717, 1.165) is 40.5 Å². The first-order valence-corrected chi connectivity index (χ1v) is 10.3. The Morgan fingerprint density at radius 3 is 2.48 bits per heavy atom. The molecular weight excluding hydrogens is 336 g/mol. The van der Waals surface area contributed by atoms with Crippen molar-refractivity contribution in [1.82, 2.24) is 24.9 Å². The zero-order valence-electron chi connectivity index (χ0n) is 17.0. The normalized spacial score (nSPS) is 26.3. The number of aryl methyl sites for hydroxylation is 2. The zero-order valence-corrected chi connectivity index (χ0v) is 17.0. The van der Waals surface area contributed by atoms with E-state index in [2.05, 4.69) is 45.4 Å². The van der Waals surface area contributed by atoms with Gasteiger partial charge in [-0.15, -0.1) is 10.2 Å². The van der Waals surface area contributed by atoms with E-state index in [9.17, 15) is 0 Å². The van der Waals surface area contributed by atoms with Crippen molar-refractivity contribution in [2.45, 2.75) is 46.1 Å². The van der Waals surface area contributed by atoms with E-state index in [1.807, 2.05) is 30.9 Å². The molecule has 27 heavy (non-hydrogen) atoms. The Balaban J connectivity index is 1.32. The van der Waals surface area contributed by atoms with Crippen LogP contribution in [0, 0.1) is 24.7 Å². The third kappa shape index (κ3) is 4.00. The van der Waals surface area contributed by atoms with Gasteiger partial charge in [-0.25, -0.2) is 0 Å². The van der Waals surface area contributed by atoms with E-state index < -0.39 is 0 Å². The summed E-state index contributed by atoms with van der Waals surface area (Å²) in [6, 6.07) is 4.63. The largest absolute Gasteiger partial charge is 0.366 e. The molecule has 0 bridgehead atoms. The number of hydrogen-bond donors (Lipinski definition) is 1. The van der Waals surface area contributed by atoms with Gasteiger partial charge in [-0.3, -0.25) is 4.68 Å². The minimum absolute atomic E-state index is 0.533. The summed E-state index contributed by atoms with van der Waals surface area (Å²) in [7, 11) is 1.93. The molecule has 1 saturated carbocycles. The van der Waals surface area contributed by atoms with Crippen LogP contribution in [0.5, 0.6) is 0 Å². The molecule has 2 fully saturated rings. The Kier molecular flexibility index (Phi) is 5.17. The zero-order chi connectivity index (χ0) is 19.0. The van der Waals surface area contributed by atoms with Crippen LogP contribution in [0.4, 0.5) is 5.82 Å². The lowest BCUT2D eigenvalue weighted by Gasteiger charge is -2.22. The second kappa shape index (κ2) is 7.58. The van der Waals surface area contributed by atoms with Gasteiger partial charge in [0.2, 0.25) is 0 Å². The monoisotopic (exact) mass is 368 g/mol. The van der Waals surface area contributed by atoms with Gasteiger partial charge < -0.3 is 10.2 Å². The minimum Gasteiger partial charge on any atom is -0.366 e. The van der Waals surface area contributed by atoms with Crippen LogP contribution >= 0.6 is 0 Å². The maximum Gasteiger partial charge on any atom is 0.148 e. The van der Waals surface area contributed by atoms with Crippen LogP contribution in [0.3, 0.4) is 0 Å². The summed E-state index contributed by atoms with van der Waals surface area (Å²) in [5, 5.41) is 16.8. The fourth-order valence-corrected chi connectivity index (χ4v) is 4.85. The summed E-state index contributed by atoms with van der Waals surface area (Å²) in [4.78, 5) is 2.69. The smallest absolute Gasteiger partial charge is 0.148 e. The van der Waals surface area contributed by atoms with Crippen molar-refractivity contribution >= 4 is 5.82 Å². The lowest BCUT2D eigenvalue weighted by Crippen LogP contribution is -2.29. The number of nitrogens with one attached hydrogen (secondary N) is 1. The molecule has 1 unspecified atom stereocenters. The SMILES string of the molecule is CCC(C)CN1C[C@H]2C[C@@H](Nc3ccc(-c4cn(C)nc4C)nn3)C[C@H]2C1. The number of fused-ring (bicyclic) bond motifs is 1. The van der Waals surface area contributed by atoms with Crippen molar-refractivity contribution in [2.75, 3.05) is 25.0 Å². The maximum atomic E-state index is 4.42. The minimum atomic E-state index is 0.533. The Hall–Kier alpha value is -1.95. The molecule has 146 valence electrons. The molecule has 6 nitrogen and oxygen atoms in total. The molecule has 0 spiro atoms. The summed E-state index contributed by atoms with van der Waals surface area (Å²) in [6.45, 7) is 10.5. The highest BCUT2D eigenvalue weighted by atomic mass is 15.3. The van der Waals surface area contributed by atoms with Crippen LogP contribution in [0.2, 0.25) is 0 Å². The maximum absolute atomic E-state index is 4.42. The van der Waals surface area contributed by atoms with E-state index in [0.29, 0.717) is 6.04 Å². The van der Waals surface area contributed by atoms with Gasteiger partial charge in [0, 0.05) is 44.5 Å². The van der Waals surface area contributed by atoms with Gasteiger partial charge in [0.05, 0.1) is 11.4 Å².